The van der Waals surface area contributed by atoms with Gasteiger partial charge in [-0.1, -0.05) is 36.4 Å². The molecular weight excluding hydrogens is 736 g/mol. The Labute approximate surface area is 242 Å². The summed E-state index contributed by atoms with van der Waals surface area (Å²) in [6, 6.07) is 15.2. The number of para-hydroxylation sites is 2. The quantitative estimate of drug-likeness (QED) is 0.0558. The van der Waals surface area contributed by atoms with Gasteiger partial charge in [0.15, 0.2) is 34.9 Å². The summed E-state index contributed by atoms with van der Waals surface area (Å²) in [6.07, 6.45) is 1.11. The van der Waals surface area contributed by atoms with Crippen LogP contribution in [0.15, 0.2) is 60.7 Å². The van der Waals surface area contributed by atoms with Crippen LogP contribution in [0, 0.1) is 42.0 Å². The van der Waals surface area contributed by atoms with E-state index in [1.54, 1.807) is 93.7 Å². The number of halogens is 8. The summed E-state index contributed by atoms with van der Waals surface area (Å²) in [7, 11) is 0. The molecular formula is C28H18F6I2O2. The van der Waals surface area contributed by atoms with Crippen LogP contribution in [-0.2, 0) is 0 Å². The summed E-state index contributed by atoms with van der Waals surface area (Å²) in [4.78, 5) is 0. The molecule has 0 N–H and O–H groups in total. The summed E-state index contributed by atoms with van der Waals surface area (Å²) < 4.78 is 94.6. The first-order valence-corrected chi connectivity index (χ1v) is 13.5. The Kier molecular flexibility index (Phi) is 9.45. The van der Waals surface area contributed by atoms with E-state index in [0.717, 1.165) is 12.1 Å². The molecule has 0 amide bonds. The fourth-order valence-electron chi connectivity index (χ4n) is 3.74. The maximum absolute atomic E-state index is 14.1. The molecule has 0 aliphatic rings. The lowest BCUT2D eigenvalue weighted by molar-refractivity contribution is 0.267. The molecule has 0 bridgehead atoms. The smallest absolute Gasteiger partial charge is 0.195 e. The normalized spacial score (nSPS) is 11.1. The highest BCUT2D eigenvalue weighted by Crippen LogP contribution is 2.37. The Morgan fingerprint density at radius 1 is 0.500 bits per heavy atom. The first kappa shape index (κ1) is 28.5. The number of hydrogen-bond acceptors (Lipinski definition) is 2. The molecule has 0 fully saturated rings. The van der Waals surface area contributed by atoms with Crippen LogP contribution in [0.25, 0.3) is 22.3 Å². The van der Waals surface area contributed by atoms with E-state index in [0.29, 0.717) is 35.5 Å². The Morgan fingerprint density at radius 2 is 0.868 bits per heavy atom. The second kappa shape index (κ2) is 12.6. The van der Waals surface area contributed by atoms with Gasteiger partial charge in [-0.2, -0.15) is 0 Å². The van der Waals surface area contributed by atoms with Gasteiger partial charge in [0.05, 0.1) is 20.4 Å². The van der Waals surface area contributed by atoms with E-state index in [4.69, 9.17) is 9.47 Å². The minimum Gasteiger partial charge on any atom is -0.493 e. The number of hydrogen-bond donors (Lipinski definition) is 0. The van der Waals surface area contributed by atoms with Crippen molar-refractivity contribution >= 4 is 45.2 Å². The molecule has 4 aromatic carbocycles. The molecule has 198 valence electrons. The molecule has 0 spiro atoms. The minimum absolute atomic E-state index is 0.0554. The van der Waals surface area contributed by atoms with Crippen molar-refractivity contribution < 1.29 is 35.8 Å². The third-order valence-electron chi connectivity index (χ3n) is 5.61. The topological polar surface area (TPSA) is 18.5 Å². The SMILES string of the molecule is Fc1cc(-c2ccccc2OCCCCOc2ccccc2-c2cc(F)c(F)c(F)c2I)c(I)c(F)c1F. The van der Waals surface area contributed by atoms with Crippen LogP contribution in [0.3, 0.4) is 0 Å². The van der Waals surface area contributed by atoms with Gasteiger partial charge in [0, 0.05) is 22.3 Å². The second-order valence-electron chi connectivity index (χ2n) is 8.09. The van der Waals surface area contributed by atoms with Gasteiger partial charge < -0.3 is 9.47 Å². The van der Waals surface area contributed by atoms with Crippen LogP contribution in [0.4, 0.5) is 26.3 Å². The molecule has 0 aromatic heterocycles. The van der Waals surface area contributed by atoms with E-state index in [1.807, 2.05) is 0 Å². The van der Waals surface area contributed by atoms with Gasteiger partial charge in [0.2, 0.25) is 0 Å². The standard InChI is InChI=1S/C28H18F6I2O2/c29-19-13-17(27(35)25(33)23(19)31)15-7-1-3-9-21(15)37-11-5-6-12-38-22-10-4-2-8-16(22)18-14-20(30)24(32)26(34)28(18)36/h1-4,7-10,13-14H,5-6,11-12H2. The Morgan fingerprint density at radius 3 is 1.26 bits per heavy atom. The third kappa shape index (κ3) is 6.05. The van der Waals surface area contributed by atoms with E-state index in [1.165, 1.54) is 0 Å². The molecule has 0 aliphatic carbocycles. The van der Waals surface area contributed by atoms with Crippen LogP contribution in [0.2, 0.25) is 0 Å². The zero-order valence-electron chi connectivity index (χ0n) is 19.4. The second-order valence-corrected chi connectivity index (χ2v) is 10.2. The minimum atomic E-state index is -1.53. The van der Waals surface area contributed by atoms with E-state index >= 15 is 0 Å². The van der Waals surface area contributed by atoms with Gasteiger partial charge >= 0.3 is 0 Å². The van der Waals surface area contributed by atoms with Crippen molar-refractivity contribution in [3.63, 3.8) is 0 Å². The monoisotopic (exact) mass is 754 g/mol. The van der Waals surface area contributed by atoms with Crippen LogP contribution in [0.1, 0.15) is 12.8 Å². The fraction of sp³-hybridized carbons (Fsp3) is 0.143. The van der Waals surface area contributed by atoms with Crippen LogP contribution < -0.4 is 9.47 Å². The lowest BCUT2D eigenvalue weighted by Crippen LogP contribution is -2.05. The van der Waals surface area contributed by atoms with E-state index < -0.39 is 34.9 Å². The maximum Gasteiger partial charge on any atom is 0.195 e. The Balaban J connectivity index is 1.39. The van der Waals surface area contributed by atoms with E-state index in [-0.39, 0.29) is 31.5 Å². The number of rotatable bonds is 9. The van der Waals surface area contributed by atoms with Gasteiger partial charge in [-0.3, -0.25) is 0 Å². The molecule has 0 saturated heterocycles. The molecule has 4 rings (SSSR count). The zero-order chi connectivity index (χ0) is 27.4. The van der Waals surface area contributed by atoms with Gasteiger partial charge in [-0.15, -0.1) is 0 Å². The average Bonchev–Trinajstić information content (AvgIpc) is 2.93. The van der Waals surface area contributed by atoms with Gasteiger partial charge in [0.1, 0.15) is 11.5 Å². The molecule has 2 nitrogen and oxygen atoms in total. The summed E-state index contributed by atoms with van der Waals surface area (Å²) in [6.45, 7) is 0.522. The predicted octanol–water partition coefficient (Wildman–Crippen LogP) is 9.30. The highest BCUT2D eigenvalue weighted by Gasteiger charge is 2.21. The first-order chi connectivity index (χ1) is 18.2. The molecule has 0 saturated carbocycles. The van der Waals surface area contributed by atoms with Gasteiger partial charge in [-0.25, -0.2) is 26.3 Å². The molecule has 0 aliphatic heterocycles. The number of benzene rings is 4. The van der Waals surface area contributed by atoms with Crippen LogP contribution in [-0.4, -0.2) is 13.2 Å². The predicted molar refractivity (Wildman–Crippen MR) is 149 cm³/mol. The van der Waals surface area contributed by atoms with Gasteiger partial charge in [-0.05, 0) is 82.3 Å². The molecule has 0 heterocycles. The summed E-state index contributed by atoms with van der Waals surface area (Å²) in [5, 5.41) is 0. The van der Waals surface area contributed by atoms with Crippen LogP contribution >= 0.6 is 45.2 Å². The fourth-order valence-corrected chi connectivity index (χ4v) is 5.10. The van der Waals surface area contributed by atoms with Crippen LogP contribution in [0.5, 0.6) is 11.5 Å². The number of ether oxygens (including phenoxy) is 2. The first-order valence-electron chi connectivity index (χ1n) is 11.3. The molecule has 0 radical (unpaired) electrons. The van der Waals surface area contributed by atoms with Crippen molar-refractivity contribution in [2.24, 2.45) is 0 Å². The largest absolute Gasteiger partial charge is 0.493 e. The lowest BCUT2D eigenvalue weighted by Gasteiger charge is -2.15. The Hall–Kier alpha value is -2.48. The van der Waals surface area contributed by atoms with Crippen molar-refractivity contribution in [3.05, 3.63) is 103 Å². The van der Waals surface area contributed by atoms with Crippen molar-refractivity contribution in [1.29, 1.82) is 0 Å². The van der Waals surface area contributed by atoms with E-state index in [2.05, 4.69) is 0 Å². The summed E-state index contributed by atoms with van der Waals surface area (Å²) in [5.74, 6) is -7.36. The highest BCUT2D eigenvalue weighted by atomic mass is 127. The lowest BCUT2D eigenvalue weighted by atomic mass is 10.0. The third-order valence-corrected chi connectivity index (χ3v) is 7.72. The Bertz CT molecular complexity index is 1370. The summed E-state index contributed by atoms with van der Waals surface area (Å²) >= 11 is 3.26. The van der Waals surface area contributed by atoms with Crippen molar-refractivity contribution in [3.8, 4) is 33.8 Å². The van der Waals surface area contributed by atoms with Gasteiger partial charge in [0.25, 0.3) is 0 Å². The average molecular weight is 754 g/mol. The molecule has 38 heavy (non-hydrogen) atoms. The maximum atomic E-state index is 14.1. The van der Waals surface area contributed by atoms with E-state index in [9.17, 15) is 26.3 Å². The molecule has 4 aromatic rings. The number of unbranched alkanes of at least 4 members (excludes halogenated alkanes) is 1. The zero-order valence-corrected chi connectivity index (χ0v) is 23.8. The molecule has 0 atom stereocenters. The highest BCUT2D eigenvalue weighted by molar-refractivity contribution is 14.1. The van der Waals surface area contributed by atoms with Crippen molar-refractivity contribution in [2.45, 2.75) is 12.8 Å². The summed E-state index contributed by atoms with van der Waals surface area (Å²) in [5.41, 5.74) is 1.21. The molecule has 0 unspecified atom stereocenters. The van der Waals surface area contributed by atoms with Crippen molar-refractivity contribution in [1.82, 2.24) is 0 Å². The van der Waals surface area contributed by atoms with Crippen molar-refractivity contribution in [2.75, 3.05) is 13.2 Å². The molecule has 10 heteroatoms.